The summed E-state index contributed by atoms with van der Waals surface area (Å²) in [6.45, 7) is 0.646. The van der Waals surface area contributed by atoms with Crippen LogP contribution in [0.5, 0.6) is 0 Å². The Labute approximate surface area is 192 Å². The lowest BCUT2D eigenvalue weighted by Crippen LogP contribution is -2.51. The molecule has 1 saturated heterocycles. The first-order chi connectivity index (χ1) is 15.1. The van der Waals surface area contributed by atoms with Gasteiger partial charge in [0.15, 0.2) is 0 Å². The number of nitrogens with one attached hydrogen (secondary N) is 2. The van der Waals surface area contributed by atoms with Crippen molar-refractivity contribution in [2.75, 3.05) is 12.8 Å². The summed E-state index contributed by atoms with van der Waals surface area (Å²) >= 11 is 3.40. The minimum atomic E-state index is -0.0272. The third-order valence-electron chi connectivity index (χ3n) is 5.95. The number of rotatable bonds is 6. The van der Waals surface area contributed by atoms with E-state index in [1.165, 1.54) is 10.5 Å². The maximum atomic E-state index is 12.7. The smallest absolute Gasteiger partial charge is 0.257 e. The van der Waals surface area contributed by atoms with Crippen molar-refractivity contribution in [2.24, 2.45) is 5.92 Å². The molecule has 2 aliphatic rings. The number of benzene rings is 2. The Morgan fingerprint density at radius 3 is 2.68 bits per heavy atom. The van der Waals surface area contributed by atoms with E-state index in [0.29, 0.717) is 11.8 Å². The number of hydrogen-bond acceptors (Lipinski definition) is 4. The molecule has 1 saturated carbocycles. The van der Waals surface area contributed by atoms with Crippen LogP contribution in [0.2, 0.25) is 0 Å². The Balaban J connectivity index is 1.27. The predicted octanol–water partition coefficient (Wildman–Crippen LogP) is 4.51. The molecule has 0 spiro atoms. The highest BCUT2D eigenvalue weighted by Crippen LogP contribution is 2.39. The highest BCUT2D eigenvalue weighted by molar-refractivity contribution is 8.04. The van der Waals surface area contributed by atoms with Crippen molar-refractivity contribution in [3.05, 3.63) is 70.6 Å². The van der Waals surface area contributed by atoms with E-state index < -0.39 is 0 Å². The summed E-state index contributed by atoms with van der Waals surface area (Å²) in [6.07, 6.45) is 7.39. The van der Waals surface area contributed by atoms with E-state index in [2.05, 4.69) is 41.2 Å². The van der Waals surface area contributed by atoms with Gasteiger partial charge in [-0.3, -0.25) is 9.59 Å². The molecular weight excluding hydrogens is 424 g/mol. The molecule has 0 aromatic heterocycles. The molecule has 2 aromatic carbocycles. The summed E-state index contributed by atoms with van der Waals surface area (Å²) in [5.41, 5.74) is 2.27. The Morgan fingerprint density at radius 1 is 1.16 bits per heavy atom. The average molecular weight is 453 g/mol. The largest absolute Gasteiger partial charge is 0.356 e. The lowest BCUT2D eigenvalue weighted by atomic mass is 9.84. The van der Waals surface area contributed by atoms with Crippen LogP contribution in [0.4, 0.5) is 0 Å². The number of carbonyl (C=O) groups excluding carboxylic acids is 2. The number of thioether (sulfide) groups is 2. The van der Waals surface area contributed by atoms with Crippen LogP contribution in [-0.4, -0.2) is 35.9 Å². The lowest BCUT2D eigenvalue weighted by molar-refractivity contribution is -0.127. The second-order valence-electron chi connectivity index (χ2n) is 8.05. The fraction of sp³-hybridized carbons (Fsp3) is 0.360. The van der Waals surface area contributed by atoms with Gasteiger partial charge in [-0.05, 0) is 61.3 Å². The Bertz CT molecular complexity index is 944. The fourth-order valence-electron chi connectivity index (χ4n) is 4.20. The van der Waals surface area contributed by atoms with Crippen molar-refractivity contribution < 1.29 is 9.59 Å². The summed E-state index contributed by atoms with van der Waals surface area (Å²) in [4.78, 5) is 27.3. The first-order valence-electron chi connectivity index (χ1n) is 10.8. The second-order valence-corrected chi connectivity index (χ2v) is 10.2. The van der Waals surface area contributed by atoms with Gasteiger partial charge in [-0.2, -0.15) is 0 Å². The van der Waals surface area contributed by atoms with Crippen LogP contribution < -0.4 is 10.6 Å². The van der Waals surface area contributed by atoms with Crippen LogP contribution in [-0.2, 0) is 16.0 Å². The van der Waals surface area contributed by atoms with E-state index in [9.17, 15) is 9.59 Å². The zero-order valence-electron chi connectivity index (χ0n) is 17.7. The van der Waals surface area contributed by atoms with Gasteiger partial charge in [0.1, 0.15) is 0 Å². The molecule has 2 N–H and O–H groups in total. The van der Waals surface area contributed by atoms with E-state index in [1.807, 2.05) is 36.4 Å². The van der Waals surface area contributed by atoms with Crippen molar-refractivity contribution in [3.63, 3.8) is 0 Å². The molecule has 3 atom stereocenters. The molecule has 31 heavy (non-hydrogen) atoms. The SMILES string of the molecule is CSc1ccc(CCNC(=O)C2CCC3S/C(=C\c4ccccc4)C(=O)NC3C2)cc1. The Hall–Kier alpha value is -2.18. The molecule has 2 aromatic rings. The summed E-state index contributed by atoms with van der Waals surface area (Å²) in [5.74, 6) is 0.0644. The quantitative estimate of drug-likeness (QED) is 0.500. The number of fused-ring (bicyclic) bond motifs is 1. The Kier molecular flexibility index (Phi) is 7.41. The van der Waals surface area contributed by atoms with Crippen molar-refractivity contribution in [2.45, 2.75) is 41.9 Å². The van der Waals surface area contributed by atoms with Crippen molar-refractivity contribution in [3.8, 4) is 0 Å². The van der Waals surface area contributed by atoms with Crippen LogP contribution in [0.15, 0.2) is 64.4 Å². The second kappa shape index (κ2) is 10.4. The summed E-state index contributed by atoms with van der Waals surface area (Å²) in [6, 6.07) is 18.5. The van der Waals surface area contributed by atoms with Crippen molar-refractivity contribution in [1.82, 2.24) is 10.6 Å². The van der Waals surface area contributed by atoms with Gasteiger partial charge in [0.2, 0.25) is 5.91 Å². The molecule has 1 heterocycles. The fourth-order valence-corrected chi connectivity index (χ4v) is 5.90. The Morgan fingerprint density at radius 2 is 1.94 bits per heavy atom. The van der Waals surface area contributed by atoms with Gasteiger partial charge in [-0.25, -0.2) is 0 Å². The number of amides is 2. The predicted molar refractivity (Wildman–Crippen MR) is 130 cm³/mol. The van der Waals surface area contributed by atoms with Crippen molar-refractivity contribution >= 4 is 41.4 Å². The molecule has 1 aliphatic heterocycles. The summed E-state index contributed by atoms with van der Waals surface area (Å²) < 4.78 is 0. The molecule has 0 bridgehead atoms. The summed E-state index contributed by atoms with van der Waals surface area (Å²) in [5, 5.41) is 6.60. The minimum absolute atomic E-state index is 0.0233. The number of carbonyl (C=O) groups is 2. The van der Waals surface area contributed by atoms with E-state index in [-0.39, 0.29) is 23.8 Å². The van der Waals surface area contributed by atoms with E-state index in [4.69, 9.17) is 0 Å². The van der Waals surface area contributed by atoms with Gasteiger partial charge >= 0.3 is 0 Å². The molecule has 6 heteroatoms. The van der Waals surface area contributed by atoms with E-state index in [0.717, 1.165) is 36.2 Å². The van der Waals surface area contributed by atoms with Gasteiger partial charge in [-0.1, -0.05) is 42.5 Å². The maximum Gasteiger partial charge on any atom is 0.257 e. The van der Waals surface area contributed by atoms with Crippen LogP contribution in [0.3, 0.4) is 0 Å². The third-order valence-corrected chi connectivity index (χ3v) is 8.11. The molecular formula is C25H28N2O2S2. The molecule has 2 amide bonds. The first kappa shape index (κ1) is 22.0. The van der Waals surface area contributed by atoms with Gasteiger partial charge in [0, 0.05) is 28.6 Å². The molecule has 4 rings (SSSR count). The lowest BCUT2D eigenvalue weighted by Gasteiger charge is -2.39. The van der Waals surface area contributed by atoms with Crippen LogP contribution in [0.1, 0.15) is 30.4 Å². The van der Waals surface area contributed by atoms with E-state index >= 15 is 0 Å². The average Bonchev–Trinajstić information content (AvgIpc) is 2.80. The van der Waals surface area contributed by atoms with Gasteiger partial charge in [-0.15, -0.1) is 23.5 Å². The monoisotopic (exact) mass is 452 g/mol. The minimum Gasteiger partial charge on any atom is -0.356 e. The maximum absolute atomic E-state index is 12.7. The van der Waals surface area contributed by atoms with Gasteiger partial charge in [0.25, 0.3) is 5.91 Å². The molecule has 162 valence electrons. The highest BCUT2D eigenvalue weighted by Gasteiger charge is 2.39. The van der Waals surface area contributed by atoms with Crippen molar-refractivity contribution in [1.29, 1.82) is 0 Å². The van der Waals surface area contributed by atoms with Gasteiger partial charge < -0.3 is 10.6 Å². The molecule has 4 nitrogen and oxygen atoms in total. The molecule has 2 fully saturated rings. The zero-order chi connectivity index (χ0) is 21.6. The van der Waals surface area contributed by atoms with Crippen LogP contribution in [0.25, 0.3) is 6.08 Å². The number of hydrogen-bond donors (Lipinski definition) is 2. The zero-order valence-corrected chi connectivity index (χ0v) is 19.3. The van der Waals surface area contributed by atoms with E-state index in [1.54, 1.807) is 23.5 Å². The van der Waals surface area contributed by atoms with Crippen LogP contribution in [0, 0.1) is 5.92 Å². The highest BCUT2D eigenvalue weighted by atomic mass is 32.2. The first-order valence-corrected chi connectivity index (χ1v) is 12.9. The van der Waals surface area contributed by atoms with Gasteiger partial charge in [0.05, 0.1) is 4.91 Å². The molecule has 0 radical (unpaired) electrons. The topological polar surface area (TPSA) is 58.2 Å². The summed E-state index contributed by atoms with van der Waals surface area (Å²) in [7, 11) is 0. The normalized spacial score (nSPS) is 24.4. The molecule has 3 unspecified atom stereocenters. The third kappa shape index (κ3) is 5.74. The van der Waals surface area contributed by atoms with Crippen LogP contribution >= 0.6 is 23.5 Å². The standard InChI is InChI=1S/C25H28N2O2S2/c1-30-20-10-7-17(8-11-20)13-14-26-24(28)19-9-12-22-21(16-19)27-25(29)23(31-22)15-18-5-3-2-4-6-18/h2-8,10-11,15,19,21-22H,9,12-14,16H2,1H3,(H,26,28)(H,27,29)/b23-15-. The molecule has 1 aliphatic carbocycles.